The van der Waals surface area contributed by atoms with Crippen LogP contribution in [0.25, 0.3) is 0 Å². The van der Waals surface area contributed by atoms with Gasteiger partial charge in [-0.3, -0.25) is 9.69 Å². The molecule has 23 heavy (non-hydrogen) atoms. The quantitative estimate of drug-likeness (QED) is 0.739. The molecule has 0 aromatic rings. The van der Waals surface area contributed by atoms with Gasteiger partial charge in [0.05, 0.1) is 19.8 Å². The molecule has 1 fully saturated rings. The summed E-state index contributed by atoms with van der Waals surface area (Å²) in [4.78, 5) is 25.1. The molecule has 6 nitrogen and oxygen atoms in total. The van der Waals surface area contributed by atoms with Crippen LogP contribution in [0.4, 0.5) is 13.2 Å². The number of nitrogens with zero attached hydrogens (tertiary/aromatic N) is 1. The first-order chi connectivity index (χ1) is 10.6. The summed E-state index contributed by atoms with van der Waals surface area (Å²) in [6.45, 7) is 4.40. The molecular weight excluding hydrogens is 317 g/mol. The zero-order chi connectivity index (χ0) is 17.7. The van der Waals surface area contributed by atoms with Crippen molar-refractivity contribution >= 4 is 11.9 Å². The Morgan fingerprint density at radius 1 is 1.26 bits per heavy atom. The molecule has 1 atom stereocenters. The number of carbonyl (C=O) groups is 2. The van der Waals surface area contributed by atoms with E-state index < -0.39 is 23.7 Å². The van der Waals surface area contributed by atoms with Crippen LogP contribution in [0.15, 0.2) is 0 Å². The number of esters is 1. The molecule has 9 heteroatoms. The lowest BCUT2D eigenvalue weighted by atomic mass is 10.0. The van der Waals surface area contributed by atoms with Gasteiger partial charge in [-0.15, -0.1) is 0 Å². The number of carbonyl (C=O) groups excluding carboxylic acids is 2. The normalized spacial score (nSPS) is 19.3. The van der Waals surface area contributed by atoms with Gasteiger partial charge in [0.25, 0.3) is 5.66 Å². The molecule has 0 aliphatic carbocycles. The Morgan fingerprint density at radius 3 is 2.26 bits per heavy atom. The van der Waals surface area contributed by atoms with Crippen LogP contribution in [0, 0.1) is 5.92 Å². The number of hydrogen-bond acceptors (Lipinski definition) is 5. The number of halogens is 3. The van der Waals surface area contributed by atoms with Gasteiger partial charge in [0.15, 0.2) is 0 Å². The fourth-order valence-electron chi connectivity index (χ4n) is 2.38. The van der Waals surface area contributed by atoms with Gasteiger partial charge in [-0.2, -0.15) is 13.2 Å². The monoisotopic (exact) mass is 340 g/mol. The fraction of sp³-hybridized carbons (Fsp3) is 0.857. The average Bonchev–Trinajstić information content (AvgIpc) is 2.43. The molecule has 1 saturated heterocycles. The van der Waals surface area contributed by atoms with Gasteiger partial charge >= 0.3 is 12.1 Å². The molecule has 0 saturated carbocycles. The topological polar surface area (TPSA) is 67.9 Å². The van der Waals surface area contributed by atoms with Crippen molar-refractivity contribution in [2.24, 2.45) is 5.92 Å². The summed E-state index contributed by atoms with van der Waals surface area (Å²) in [6, 6.07) is 0. The third kappa shape index (κ3) is 4.57. The summed E-state index contributed by atoms with van der Waals surface area (Å²) < 4.78 is 51.2. The van der Waals surface area contributed by atoms with Crippen LogP contribution < -0.4 is 5.32 Å². The number of nitrogens with one attached hydrogen (secondary N) is 1. The third-order valence-electron chi connectivity index (χ3n) is 3.38. The maximum atomic E-state index is 13.8. The molecule has 0 radical (unpaired) electrons. The SMILES string of the molecule is CCOC(=O)C(NC(=O)CC(C)C)(N1CCOCC1)C(F)(F)F. The average molecular weight is 340 g/mol. The Hall–Kier alpha value is -1.35. The molecule has 0 aromatic heterocycles. The van der Waals surface area contributed by atoms with E-state index >= 15 is 0 Å². The van der Waals surface area contributed by atoms with E-state index in [0.717, 1.165) is 4.90 Å². The minimum absolute atomic E-state index is 0.0390. The third-order valence-corrected chi connectivity index (χ3v) is 3.38. The molecule has 134 valence electrons. The highest BCUT2D eigenvalue weighted by Gasteiger charge is 2.66. The van der Waals surface area contributed by atoms with Crippen LogP contribution in [0.3, 0.4) is 0 Å². The molecule has 1 amide bonds. The summed E-state index contributed by atoms with van der Waals surface area (Å²) in [5, 5.41) is 1.89. The van der Waals surface area contributed by atoms with Crippen molar-refractivity contribution in [3.05, 3.63) is 0 Å². The lowest BCUT2D eigenvalue weighted by Crippen LogP contribution is -2.75. The van der Waals surface area contributed by atoms with E-state index in [0.29, 0.717) is 0 Å². The number of rotatable bonds is 6. The highest BCUT2D eigenvalue weighted by Crippen LogP contribution is 2.35. The van der Waals surface area contributed by atoms with E-state index in [4.69, 9.17) is 4.74 Å². The minimum atomic E-state index is -5.02. The van der Waals surface area contributed by atoms with Gasteiger partial charge < -0.3 is 14.8 Å². The first kappa shape index (κ1) is 19.7. The second-order valence-corrected chi connectivity index (χ2v) is 5.67. The zero-order valence-electron chi connectivity index (χ0n) is 13.5. The van der Waals surface area contributed by atoms with Crippen molar-refractivity contribution in [2.45, 2.75) is 39.0 Å². The molecular formula is C14H23F3N2O4. The summed E-state index contributed by atoms with van der Waals surface area (Å²) in [5.74, 6) is -2.52. The Kier molecular flexibility index (Phi) is 6.82. The number of amides is 1. The largest absolute Gasteiger partial charge is 0.463 e. The number of alkyl halides is 3. The van der Waals surface area contributed by atoms with Crippen LogP contribution in [-0.2, 0) is 19.1 Å². The summed E-state index contributed by atoms with van der Waals surface area (Å²) in [6.07, 6.45) is -5.15. The first-order valence-corrected chi connectivity index (χ1v) is 7.53. The smallest absolute Gasteiger partial charge is 0.436 e. The van der Waals surface area contributed by atoms with E-state index in [2.05, 4.69) is 4.74 Å². The Balaban J connectivity index is 3.22. The van der Waals surface area contributed by atoms with Gasteiger partial charge in [-0.1, -0.05) is 13.8 Å². The molecule has 1 rings (SSSR count). The van der Waals surface area contributed by atoms with Crippen molar-refractivity contribution in [1.82, 2.24) is 10.2 Å². The maximum Gasteiger partial charge on any atom is 0.436 e. The molecule has 1 unspecified atom stereocenters. The van der Waals surface area contributed by atoms with Crippen LogP contribution in [0.1, 0.15) is 27.2 Å². The van der Waals surface area contributed by atoms with E-state index in [1.54, 1.807) is 13.8 Å². The second-order valence-electron chi connectivity index (χ2n) is 5.67. The van der Waals surface area contributed by atoms with Crippen LogP contribution in [0.2, 0.25) is 0 Å². The lowest BCUT2D eigenvalue weighted by Gasteiger charge is -2.44. The predicted molar refractivity (Wildman–Crippen MR) is 75.4 cm³/mol. The molecule has 1 aliphatic heterocycles. The predicted octanol–water partition coefficient (Wildman–Crippen LogP) is 1.30. The van der Waals surface area contributed by atoms with Crippen molar-refractivity contribution < 1.29 is 32.2 Å². The van der Waals surface area contributed by atoms with Crippen LogP contribution in [-0.4, -0.2) is 61.5 Å². The lowest BCUT2D eigenvalue weighted by molar-refractivity contribution is -0.255. The summed E-state index contributed by atoms with van der Waals surface area (Å²) in [7, 11) is 0. The van der Waals surface area contributed by atoms with Gasteiger partial charge in [0.1, 0.15) is 0 Å². The Morgan fingerprint density at radius 2 is 1.83 bits per heavy atom. The van der Waals surface area contributed by atoms with Gasteiger partial charge in [0.2, 0.25) is 5.91 Å². The van der Waals surface area contributed by atoms with Crippen molar-refractivity contribution in [3.8, 4) is 0 Å². The molecule has 1 N–H and O–H groups in total. The summed E-state index contributed by atoms with van der Waals surface area (Å²) >= 11 is 0. The van der Waals surface area contributed by atoms with Crippen LogP contribution >= 0.6 is 0 Å². The molecule has 0 spiro atoms. The van der Waals surface area contributed by atoms with Crippen LogP contribution in [0.5, 0.6) is 0 Å². The molecule has 0 aromatic carbocycles. The molecule has 0 bridgehead atoms. The zero-order valence-corrected chi connectivity index (χ0v) is 13.5. The van der Waals surface area contributed by atoms with Gasteiger partial charge in [-0.25, -0.2) is 4.79 Å². The van der Waals surface area contributed by atoms with Crippen molar-refractivity contribution in [1.29, 1.82) is 0 Å². The van der Waals surface area contributed by atoms with Crippen molar-refractivity contribution in [2.75, 3.05) is 32.9 Å². The maximum absolute atomic E-state index is 13.8. The van der Waals surface area contributed by atoms with E-state index in [1.165, 1.54) is 6.92 Å². The highest BCUT2D eigenvalue weighted by atomic mass is 19.4. The Bertz CT molecular complexity index is 423. The first-order valence-electron chi connectivity index (χ1n) is 7.53. The number of hydrogen-bond donors (Lipinski definition) is 1. The second kappa shape index (κ2) is 7.96. The molecule has 1 aliphatic rings. The van der Waals surface area contributed by atoms with Gasteiger partial charge in [0, 0.05) is 19.5 Å². The van der Waals surface area contributed by atoms with Crippen molar-refractivity contribution in [3.63, 3.8) is 0 Å². The highest BCUT2D eigenvalue weighted by molar-refractivity contribution is 5.88. The standard InChI is InChI=1S/C14H23F3N2O4/c1-4-23-12(21)13(14(15,16)17,18-11(20)9-10(2)3)19-5-7-22-8-6-19/h10H,4-9H2,1-3H3,(H,18,20). The minimum Gasteiger partial charge on any atom is -0.463 e. The number of morpholine rings is 1. The van der Waals surface area contributed by atoms with E-state index in [-0.39, 0.29) is 45.2 Å². The summed E-state index contributed by atoms with van der Waals surface area (Å²) in [5.41, 5.74) is -3.18. The number of ether oxygens (including phenoxy) is 2. The fourth-order valence-corrected chi connectivity index (χ4v) is 2.38. The van der Waals surface area contributed by atoms with E-state index in [1.807, 2.05) is 5.32 Å². The van der Waals surface area contributed by atoms with E-state index in [9.17, 15) is 22.8 Å². The molecule has 1 heterocycles. The van der Waals surface area contributed by atoms with Gasteiger partial charge in [-0.05, 0) is 12.8 Å². The Labute approximate surface area is 133 Å².